The Morgan fingerprint density at radius 3 is 2.59 bits per heavy atom. The molecule has 0 aromatic carbocycles. The molecule has 1 rings (SSSR count). The van der Waals surface area contributed by atoms with Crippen molar-refractivity contribution in [1.29, 1.82) is 0 Å². The Balaban J connectivity index is 3.34. The molecule has 0 aliphatic heterocycles. The highest BCUT2D eigenvalue weighted by Gasteiger charge is 2.28. The molecular weight excluding hydrogens is 245 g/mol. The van der Waals surface area contributed by atoms with Gasteiger partial charge >= 0.3 is 11.8 Å². The molecule has 0 saturated heterocycles. The van der Waals surface area contributed by atoms with Gasteiger partial charge in [0.1, 0.15) is 12.0 Å². The Labute approximate surface area is 91.9 Å². The third-order valence-corrected chi connectivity index (χ3v) is 1.78. The number of carboxylic acid groups (broad SMARTS) is 1. The first-order valence-electron chi connectivity index (χ1n) is 4.16. The molecule has 0 atom stereocenters. The van der Waals surface area contributed by atoms with Crippen molar-refractivity contribution in [3.63, 3.8) is 0 Å². The third-order valence-electron chi connectivity index (χ3n) is 1.78. The molecule has 1 aromatic heterocycles. The lowest BCUT2D eigenvalue weighted by Gasteiger charge is -2.03. The van der Waals surface area contributed by atoms with Gasteiger partial charge in [0.05, 0.1) is 0 Å². The van der Waals surface area contributed by atoms with E-state index in [0.717, 1.165) is 0 Å². The van der Waals surface area contributed by atoms with Crippen LogP contribution in [0.15, 0.2) is 6.07 Å². The highest BCUT2D eigenvalue weighted by atomic mass is 19.3. The van der Waals surface area contributed by atoms with E-state index in [4.69, 9.17) is 5.11 Å². The summed E-state index contributed by atoms with van der Waals surface area (Å²) in [6.45, 7) is 0. The van der Waals surface area contributed by atoms with Crippen LogP contribution in [-0.4, -0.2) is 21.0 Å². The smallest absolute Gasteiger partial charge is 0.372 e. The van der Waals surface area contributed by atoms with E-state index < -0.39 is 46.6 Å². The van der Waals surface area contributed by atoms with Crippen LogP contribution in [0.4, 0.5) is 19.0 Å². The summed E-state index contributed by atoms with van der Waals surface area (Å²) in [6.07, 6.45) is -4.19. The summed E-state index contributed by atoms with van der Waals surface area (Å²) in [5.74, 6) is -4.03. The number of hydrogen-bond donors (Lipinski definition) is 1. The second-order valence-corrected chi connectivity index (χ2v) is 2.96. The number of aromatic nitrogens is 1. The first-order chi connectivity index (χ1) is 7.82. The molecule has 0 amide bonds. The maximum Gasteiger partial charge on any atom is 0.372 e. The molecule has 0 aliphatic rings. The van der Waals surface area contributed by atoms with Crippen molar-refractivity contribution in [3.8, 4) is 0 Å². The van der Waals surface area contributed by atoms with E-state index in [1.165, 1.54) is 0 Å². The molecule has 0 radical (unpaired) electrons. The van der Waals surface area contributed by atoms with Gasteiger partial charge in [-0.3, -0.25) is 4.79 Å². The van der Waals surface area contributed by atoms with Crippen molar-refractivity contribution in [1.82, 2.24) is 4.98 Å². The lowest BCUT2D eigenvalue weighted by Crippen LogP contribution is -2.09. The Morgan fingerprint density at radius 1 is 1.59 bits per heavy atom. The third kappa shape index (κ3) is 2.89. The van der Waals surface area contributed by atoms with Crippen LogP contribution < -0.4 is 0 Å². The van der Waals surface area contributed by atoms with E-state index in [1.54, 1.807) is 0 Å². The SMILES string of the molecule is O=C(O)Cc1nc([N+](=O)[O-])c(C(F)F)cc1F. The van der Waals surface area contributed by atoms with Crippen LogP contribution in [-0.2, 0) is 11.2 Å². The number of alkyl halides is 2. The standard InChI is InChI=1S/C8H5F3N2O4/c9-4-1-3(7(10)11)8(13(16)17)12-5(4)2-6(14)15/h1,7H,2H2,(H,14,15). The summed E-state index contributed by atoms with van der Waals surface area (Å²) in [5, 5.41) is 18.8. The molecule has 17 heavy (non-hydrogen) atoms. The van der Waals surface area contributed by atoms with Gasteiger partial charge in [-0.1, -0.05) is 0 Å². The van der Waals surface area contributed by atoms with Crippen molar-refractivity contribution in [2.75, 3.05) is 0 Å². The summed E-state index contributed by atoms with van der Waals surface area (Å²) in [5.41, 5.74) is -1.93. The molecule has 1 N–H and O–H groups in total. The van der Waals surface area contributed by atoms with Crippen LogP contribution in [0.25, 0.3) is 0 Å². The Morgan fingerprint density at radius 2 is 2.18 bits per heavy atom. The molecule has 0 bridgehead atoms. The van der Waals surface area contributed by atoms with Crippen LogP contribution in [0.5, 0.6) is 0 Å². The number of halogens is 3. The number of carbonyl (C=O) groups is 1. The molecule has 0 unspecified atom stereocenters. The summed E-state index contributed by atoms with van der Waals surface area (Å²) in [4.78, 5) is 22.5. The number of hydrogen-bond acceptors (Lipinski definition) is 4. The molecule has 6 nitrogen and oxygen atoms in total. The monoisotopic (exact) mass is 250 g/mol. The van der Waals surface area contributed by atoms with Gasteiger partial charge in [-0.15, -0.1) is 0 Å². The fourth-order valence-electron chi connectivity index (χ4n) is 1.10. The number of aliphatic carboxylic acids is 1. The van der Waals surface area contributed by atoms with E-state index in [0.29, 0.717) is 0 Å². The van der Waals surface area contributed by atoms with Crippen LogP contribution in [0.1, 0.15) is 17.7 Å². The number of rotatable bonds is 4. The van der Waals surface area contributed by atoms with E-state index >= 15 is 0 Å². The maximum absolute atomic E-state index is 13.1. The molecule has 92 valence electrons. The van der Waals surface area contributed by atoms with Crippen molar-refractivity contribution >= 4 is 11.8 Å². The average Bonchev–Trinajstić information content (AvgIpc) is 2.19. The van der Waals surface area contributed by atoms with Gasteiger partial charge in [-0.25, -0.2) is 13.2 Å². The van der Waals surface area contributed by atoms with E-state index in [9.17, 15) is 28.1 Å². The maximum atomic E-state index is 13.1. The van der Waals surface area contributed by atoms with Gasteiger partial charge in [-0.05, 0) is 16.0 Å². The number of nitrogens with zero attached hydrogens (tertiary/aromatic N) is 2. The minimum Gasteiger partial charge on any atom is -0.481 e. The highest BCUT2D eigenvalue weighted by molar-refractivity contribution is 5.69. The molecule has 1 heterocycles. The number of carboxylic acids is 1. The Bertz CT molecular complexity index is 478. The van der Waals surface area contributed by atoms with E-state index in [1.807, 2.05) is 0 Å². The van der Waals surface area contributed by atoms with Gasteiger partial charge in [0.15, 0.2) is 11.5 Å². The largest absolute Gasteiger partial charge is 0.481 e. The normalized spacial score (nSPS) is 10.6. The topological polar surface area (TPSA) is 93.3 Å². The second kappa shape index (κ2) is 4.76. The molecule has 0 fully saturated rings. The lowest BCUT2D eigenvalue weighted by molar-refractivity contribution is -0.391. The zero-order chi connectivity index (χ0) is 13.2. The molecular formula is C8H5F3N2O4. The number of pyridine rings is 1. The van der Waals surface area contributed by atoms with Crippen LogP contribution in [0.2, 0.25) is 0 Å². The highest BCUT2D eigenvalue weighted by Crippen LogP contribution is 2.28. The second-order valence-electron chi connectivity index (χ2n) is 2.96. The predicted molar refractivity (Wildman–Crippen MR) is 47.1 cm³/mol. The van der Waals surface area contributed by atoms with E-state index in [-0.39, 0.29) is 6.07 Å². The number of nitro groups is 1. The van der Waals surface area contributed by atoms with Crippen LogP contribution >= 0.6 is 0 Å². The molecule has 0 aliphatic carbocycles. The minimum absolute atomic E-state index is 0.230. The van der Waals surface area contributed by atoms with Crippen LogP contribution in [0.3, 0.4) is 0 Å². The summed E-state index contributed by atoms with van der Waals surface area (Å²) >= 11 is 0. The molecule has 0 spiro atoms. The minimum atomic E-state index is -3.27. The van der Waals surface area contributed by atoms with Gasteiger partial charge < -0.3 is 15.2 Å². The molecule has 9 heteroatoms. The fourth-order valence-corrected chi connectivity index (χ4v) is 1.10. The zero-order valence-electron chi connectivity index (χ0n) is 8.06. The Hall–Kier alpha value is -2.19. The molecule has 0 saturated carbocycles. The van der Waals surface area contributed by atoms with E-state index in [2.05, 4.69) is 4.98 Å². The van der Waals surface area contributed by atoms with Crippen molar-refractivity contribution < 1.29 is 28.0 Å². The van der Waals surface area contributed by atoms with Crippen molar-refractivity contribution in [2.24, 2.45) is 0 Å². The summed E-state index contributed by atoms with van der Waals surface area (Å²) < 4.78 is 37.8. The Kier molecular flexibility index (Phi) is 3.61. The van der Waals surface area contributed by atoms with Gasteiger partial charge in [-0.2, -0.15) is 0 Å². The summed E-state index contributed by atoms with van der Waals surface area (Å²) in [7, 11) is 0. The van der Waals surface area contributed by atoms with Crippen molar-refractivity contribution in [2.45, 2.75) is 12.8 Å². The first-order valence-corrected chi connectivity index (χ1v) is 4.16. The predicted octanol–water partition coefficient (Wildman–Crippen LogP) is 1.69. The average molecular weight is 250 g/mol. The van der Waals surface area contributed by atoms with Gasteiger partial charge in [0, 0.05) is 0 Å². The lowest BCUT2D eigenvalue weighted by atomic mass is 10.2. The molecule has 1 aromatic rings. The summed E-state index contributed by atoms with van der Waals surface area (Å²) in [6, 6.07) is 0.230. The van der Waals surface area contributed by atoms with Gasteiger partial charge in [0.25, 0.3) is 6.43 Å². The van der Waals surface area contributed by atoms with Crippen molar-refractivity contribution in [3.05, 3.63) is 33.3 Å². The first kappa shape index (κ1) is 12.9. The fraction of sp³-hybridized carbons (Fsp3) is 0.250. The zero-order valence-corrected chi connectivity index (χ0v) is 8.06. The quantitative estimate of drug-likeness (QED) is 0.648. The van der Waals surface area contributed by atoms with Gasteiger partial charge in [0.2, 0.25) is 0 Å². The van der Waals surface area contributed by atoms with Crippen LogP contribution in [0, 0.1) is 15.9 Å².